The van der Waals surface area contributed by atoms with Crippen molar-refractivity contribution in [3.8, 4) is 0 Å². The van der Waals surface area contributed by atoms with Gasteiger partial charge in [-0.2, -0.15) is 0 Å². The predicted octanol–water partition coefficient (Wildman–Crippen LogP) is 1.70. The molecule has 1 aromatic carbocycles. The topological polar surface area (TPSA) is 60.2 Å². The van der Waals surface area contributed by atoms with Gasteiger partial charge in [-0.25, -0.2) is 8.42 Å². The number of rotatable bonds is 5. The van der Waals surface area contributed by atoms with Gasteiger partial charge in [-0.1, -0.05) is 31.3 Å². The highest BCUT2D eigenvalue weighted by Crippen LogP contribution is 2.13. The maximum absolute atomic E-state index is 11.5. The largest absolute Gasteiger partial charge is 0.393 e. The molecule has 0 saturated carbocycles. The lowest BCUT2D eigenvalue weighted by atomic mass is 10.1. The summed E-state index contributed by atoms with van der Waals surface area (Å²) in [5.74, 6) is 0.124. The van der Waals surface area contributed by atoms with E-state index in [0.29, 0.717) is 16.3 Å². The Morgan fingerprint density at radius 3 is 2.31 bits per heavy atom. The summed E-state index contributed by atoms with van der Waals surface area (Å²) in [5.41, 5.74) is 6.44. The number of benzene rings is 1. The smallest absolute Gasteiger partial charge is 0.178 e. The molecule has 16 heavy (non-hydrogen) atoms. The van der Waals surface area contributed by atoms with Gasteiger partial charge in [0, 0.05) is 6.42 Å². The van der Waals surface area contributed by atoms with E-state index in [4.69, 9.17) is 18.0 Å². The number of sulfone groups is 1. The van der Waals surface area contributed by atoms with Gasteiger partial charge in [0.2, 0.25) is 0 Å². The number of aryl methyl sites for hydroxylation is 1. The molecule has 88 valence electrons. The van der Waals surface area contributed by atoms with Crippen molar-refractivity contribution in [3.05, 3.63) is 29.8 Å². The van der Waals surface area contributed by atoms with Crippen LogP contribution in [0, 0.1) is 0 Å². The normalized spacial score (nSPS) is 11.3. The zero-order chi connectivity index (χ0) is 12.2. The SMILES string of the molecule is CCS(=O)(=O)c1ccc(CCC(N)=S)cc1. The molecule has 0 fully saturated rings. The Balaban J connectivity index is 2.80. The van der Waals surface area contributed by atoms with E-state index in [-0.39, 0.29) is 5.75 Å². The summed E-state index contributed by atoms with van der Waals surface area (Å²) < 4.78 is 23.1. The minimum absolute atomic E-state index is 0.124. The first-order valence-electron chi connectivity index (χ1n) is 5.05. The average molecular weight is 257 g/mol. The third-order valence-electron chi connectivity index (χ3n) is 2.32. The molecule has 0 heterocycles. The third-order valence-corrected chi connectivity index (χ3v) is 4.28. The molecule has 0 amide bonds. The molecule has 5 heteroatoms. The lowest BCUT2D eigenvalue weighted by Crippen LogP contribution is -2.08. The molecule has 3 nitrogen and oxygen atoms in total. The fourth-order valence-corrected chi connectivity index (χ4v) is 2.28. The summed E-state index contributed by atoms with van der Waals surface area (Å²) >= 11 is 4.78. The van der Waals surface area contributed by atoms with Crippen LogP contribution in [0.1, 0.15) is 18.9 Å². The molecule has 0 aliphatic carbocycles. The lowest BCUT2D eigenvalue weighted by Gasteiger charge is -2.03. The van der Waals surface area contributed by atoms with E-state index < -0.39 is 9.84 Å². The van der Waals surface area contributed by atoms with Crippen molar-refractivity contribution in [3.63, 3.8) is 0 Å². The van der Waals surface area contributed by atoms with E-state index in [1.165, 1.54) is 0 Å². The fourth-order valence-electron chi connectivity index (χ4n) is 1.30. The van der Waals surface area contributed by atoms with E-state index in [1.54, 1.807) is 31.2 Å². The second kappa shape index (κ2) is 5.41. The van der Waals surface area contributed by atoms with Crippen molar-refractivity contribution in [1.82, 2.24) is 0 Å². The predicted molar refractivity (Wildman–Crippen MR) is 69.3 cm³/mol. The lowest BCUT2D eigenvalue weighted by molar-refractivity contribution is 0.597. The van der Waals surface area contributed by atoms with Crippen LogP contribution in [-0.4, -0.2) is 19.2 Å². The zero-order valence-corrected chi connectivity index (χ0v) is 10.8. The van der Waals surface area contributed by atoms with E-state index in [2.05, 4.69) is 0 Å². The molecule has 1 rings (SSSR count). The molecular formula is C11H15NO2S2. The molecule has 0 aliphatic heterocycles. The Labute approximate surface area is 102 Å². The van der Waals surface area contributed by atoms with Gasteiger partial charge < -0.3 is 5.73 Å². The number of hydrogen-bond acceptors (Lipinski definition) is 3. The highest BCUT2D eigenvalue weighted by molar-refractivity contribution is 7.91. The maximum Gasteiger partial charge on any atom is 0.178 e. The molecule has 0 saturated heterocycles. The van der Waals surface area contributed by atoms with Crippen LogP contribution in [0.5, 0.6) is 0 Å². The Kier molecular flexibility index (Phi) is 4.44. The van der Waals surface area contributed by atoms with Crippen molar-refractivity contribution in [2.24, 2.45) is 5.73 Å². The quantitative estimate of drug-likeness (QED) is 0.816. The Bertz CT molecular complexity index is 463. The van der Waals surface area contributed by atoms with E-state index in [0.717, 1.165) is 12.0 Å². The van der Waals surface area contributed by atoms with Gasteiger partial charge >= 0.3 is 0 Å². The van der Waals surface area contributed by atoms with Crippen LogP contribution in [0.15, 0.2) is 29.2 Å². The zero-order valence-electron chi connectivity index (χ0n) is 9.14. The van der Waals surface area contributed by atoms with E-state index in [1.807, 2.05) is 0 Å². The van der Waals surface area contributed by atoms with Crippen LogP contribution in [0.25, 0.3) is 0 Å². The van der Waals surface area contributed by atoms with Gasteiger partial charge in [0.15, 0.2) is 9.84 Å². The van der Waals surface area contributed by atoms with Crippen molar-refractivity contribution in [2.45, 2.75) is 24.7 Å². The molecule has 0 aromatic heterocycles. The van der Waals surface area contributed by atoms with Crippen LogP contribution in [0.4, 0.5) is 0 Å². The average Bonchev–Trinajstić information content (AvgIpc) is 2.27. The maximum atomic E-state index is 11.5. The van der Waals surface area contributed by atoms with E-state index in [9.17, 15) is 8.42 Å². The van der Waals surface area contributed by atoms with Gasteiger partial charge in [0.05, 0.1) is 15.6 Å². The summed E-state index contributed by atoms with van der Waals surface area (Å²) in [7, 11) is -3.10. The van der Waals surface area contributed by atoms with Crippen molar-refractivity contribution >= 4 is 27.0 Å². The Morgan fingerprint density at radius 1 is 1.31 bits per heavy atom. The fraction of sp³-hybridized carbons (Fsp3) is 0.364. The number of thiocarbonyl (C=S) groups is 1. The van der Waals surface area contributed by atoms with Gasteiger partial charge in [-0.3, -0.25) is 0 Å². The van der Waals surface area contributed by atoms with Gasteiger partial charge in [-0.05, 0) is 24.1 Å². The van der Waals surface area contributed by atoms with Gasteiger partial charge in [0.1, 0.15) is 0 Å². The molecule has 0 spiro atoms. The molecule has 0 aliphatic rings. The molecule has 0 atom stereocenters. The first-order valence-corrected chi connectivity index (χ1v) is 7.12. The second-order valence-corrected chi connectivity index (χ2v) is 6.32. The monoisotopic (exact) mass is 257 g/mol. The summed E-state index contributed by atoms with van der Waals surface area (Å²) in [6.45, 7) is 1.64. The highest BCUT2D eigenvalue weighted by Gasteiger charge is 2.10. The summed E-state index contributed by atoms with van der Waals surface area (Å²) in [6.07, 6.45) is 1.40. The molecule has 2 N–H and O–H groups in total. The van der Waals surface area contributed by atoms with Crippen molar-refractivity contribution < 1.29 is 8.42 Å². The molecule has 0 unspecified atom stereocenters. The molecular weight excluding hydrogens is 242 g/mol. The Morgan fingerprint density at radius 2 is 1.88 bits per heavy atom. The summed E-state index contributed by atoms with van der Waals surface area (Å²) in [4.78, 5) is 0.847. The minimum Gasteiger partial charge on any atom is -0.393 e. The van der Waals surface area contributed by atoms with Crippen molar-refractivity contribution in [1.29, 1.82) is 0 Å². The first-order chi connectivity index (χ1) is 7.45. The van der Waals surface area contributed by atoms with Crippen LogP contribution < -0.4 is 5.73 Å². The summed E-state index contributed by atoms with van der Waals surface area (Å²) in [6, 6.07) is 6.88. The third kappa shape index (κ3) is 3.57. The van der Waals surface area contributed by atoms with Gasteiger partial charge in [-0.15, -0.1) is 0 Å². The number of nitrogens with two attached hydrogens (primary N) is 1. The van der Waals surface area contributed by atoms with Crippen LogP contribution in [0.3, 0.4) is 0 Å². The minimum atomic E-state index is -3.10. The summed E-state index contributed by atoms with van der Waals surface area (Å²) in [5, 5.41) is 0. The highest BCUT2D eigenvalue weighted by atomic mass is 32.2. The number of hydrogen-bond donors (Lipinski definition) is 1. The standard InChI is InChI=1S/C11H15NO2S2/c1-2-16(13,14)10-6-3-9(4-7-10)5-8-11(12)15/h3-4,6-7H,2,5,8H2,1H3,(H2,12,15). The molecule has 0 radical (unpaired) electrons. The van der Waals surface area contributed by atoms with E-state index >= 15 is 0 Å². The van der Waals surface area contributed by atoms with Gasteiger partial charge in [0.25, 0.3) is 0 Å². The first kappa shape index (κ1) is 13.1. The van der Waals surface area contributed by atoms with Crippen LogP contribution >= 0.6 is 12.2 Å². The Hall–Kier alpha value is -0.940. The van der Waals surface area contributed by atoms with Crippen LogP contribution in [0.2, 0.25) is 0 Å². The molecule has 0 bridgehead atoms. The molecule has 1 aromatic rings. The van der Waals surface area contributed by atoms with Crippen LogP contribution in [-0.2, 0) is 16.3 Å². The second-order valence-electron chi connectivity index (χ2n) is 3.51. The van der Waals surface area contributed by atoms with Crippen molar-refractivity contribution in [2.75, 3.05) is 5.75 Å².